The van der Waals surface area contributed by atoms with Gasteiger partial charge in [0, 0.05) is 13.1 Å². The number of rotatable bonds is 9. The van der Waals surface area contributed by atoms with Crippen molar-refractivity contribution in [2.24, 2.45) is 10.7 Å². The van der Waals surface area contributed by atoms with E-state index in [0.29, 0.717) is 36.2 Å². The molecule has 160 valence electrons. The van der Waals surface area contributed by atoms with Crippen molar-refractivity contribution in [3.8, 4) is 0 Å². The fourth-order valence-corrected chi connectivity index (χ4v) is 3.40. The molecule has 0 spiro atoms. The molecule has 3 rings (SSSR count). The average molecular weight is 412 g/mol. The SMILES string of the molecule is C=c1nc2c(c(=O)[nH]1)=Nc1cc(C)c(C)cc1N2CCNCCCC[C@H](N)C(=O)O. The molecular weight excluding hydrogens is 384 g/mol. The molecule has 1 aliphatic heterocycles. The summed E-state index contributed by atoms with van der Waals surface area (Å²) in [5.74, 6) is -0.456. The molecule has 0 saturated heterocycles. The quantitative estimate of drug-likeness (QED) is 0.437. The van der Waals surface area contributed by atoms with Gasteiger partial charge >= 0.3 is 5.97 Å². The van der Waals surface area contributed by atoms with Gasteiger partial charge in [-0.05, 0) is 56.5 Å². The van der Waals surface area contributed by atoms with Gasteiger partial charge in [-0.3, -0.25) is 9.59 Å². The molecule has 0 aliphatic carbocycles. The van der Waals surface area contributed by atoms with Crippen LogP contribution in [0, 0.1) is 13.8 Å². The number of aromatic amines is 1. The Morgan fingerprint density at radius 1 is 1.30 bits per heavy atom. The number of benzene rings is 1. The molecule has 2 aromatic rings. The molecule has 2 heterocycles. The maximum absolute atomic E-state index is 12.4. The van der Waals surface area contributed by atoms with Crippen LogP contribution in [0.4, 0.5) is 17.2 Å². The molecule has 9 nitrogen and oxygen atoms in total. The first-order valence-electron chi connectivity index (χ1n) is 10.0. The second kappa shape index (κ2) is 9.19. The van der Waals surface area contributed by atoms with Crippen LogP contribution in [-0.4, -0.2) is 46.7 Å². The van der Waals surface area contributed by atoms with Crippen molar-refractivity contribution < 1.29 is 9.90 Å². The van der Waals surface area contributed by atoms with Crippen molar-refractivity contribution >= 4 is 29.7 Å². The van der Waals surface area contributed by atoms with Gasteiger partial charge in [-0.15, -0.1) is 0 Å². The second-order valence-electron chi connectivity index (χ2n) is 7.56. The first-order valence-corrected chi connectivity index (χ1v) is 10.0. The molecule has 0 unspecified atom stereocenters. The average Bonchev–Trinajstić information content (AvgIpc) is 2.68. The number of hydrogen-bond donors (Lipinski definition) is 4. The number of anilines is 2. The molecule has 0 fully saturated rings. The number of aliphatic carboxylic acids is 1. The summed E-state index contributed by atoms with van der Waals surface area (Å²) in [6.45, 7) is 9.84. The number of hydrogen-bond acceptors (Lipinski definition) is 7. The molecule has 1 aromatic carbocycles. The second-order valence-corrected chi connectivity index (χ2v) is 7.56. The Morgan fingerprint density at radius 2 is 2.03 bits per heavy atom. The van der Waals surface area contributed by atoms with E-state index in [9.17, 15) is 9.59 Å². The summed E-state index contributed by atoms with van der Waals surface area (Å²) in [5.41, 5.74) is 9.42. The molecule has 30 heavy (non-hydrogen) atoms. The first kappa shape index (κ1) is 21.7. The highest BCUT2D eigenvalue weighted by atomic mass is 16.4. The lowest BCUT2D eigenvalue weighted by Gasteiger charge is -2.28. The number of nitrogens with zero attached hydrogens (tertiary/aromatic N) is 3. The Kier molecular flexibility index (Phi) is 6.63. The van der Waals surface area contributed by atoms with Gasteiger partial charge in [-0.25, -0.2) is 9.98 Å². The zero-order chi connectivity index (χ0) is 21.8. The van der Waals surface area contributed by atoms with Gasteiger partial charge in [0.25, 0.3) is 5.56 Å². The van der Waals surface area contributed by atoms with Crippen molar-refractivity contribution in [3.05, 3.63) is 44.5 Å². The van der Waals surface area contributed by atoms with Gasteiger partial charge in [0.05, 0.1) is 11.4 Å². The van der Waals surface area contributed by atoms with Crippen LogP contribution in [0.2, 0.25) is 0 Å². The number of aromatic nitrogens is 2. The Morgan fingerprint density at radius 3 is 2.77 bits per heavy atom. The minimum Gasteiger partial charge on any atom is -0.480 e. The zero-order valence-corrected chi connectivity index (χ0v) is 17.4. The van der Waals surface area contributed by atoms with Crippen LogP contribution < -0.4 is 32.3 Å². The maximum atomic E-state index is 12.4. The minimum absolute atomic E-state index is 0.292. The molecule has 9 heteroatoms. The van der Waals surface area contributed by atoms with Gasteiger partial charge in [-0.1, -0.05) is 13.0 Å². The lowest BCUT2D eigenvalue weighted by Crippen LogP contribution is -2.44. The summed E-state index contributed by atoms with van der Waals surface area (Å²) >= 11 is 0. The highest BCUT2D eigenvalue weighted by Crippen LogP contribution is 2.36. The van der Waals surface area contributed by atoms with Crippen LogP contribution >= 0.6 is 0 Å². The third kappa shape index (κ3) is 4.74. The van der Waals surface area contributed by atoms with Crippen LogP contribution in [0.5, 0.6) is 0 Å². The number of aryl methyl sites for hydroxylation is 2. The van der Waals surface area contributed by atoms with E-state index in [1.165, 1.54) is 0 Å². The lowest BCUT2D eigenvalue weighted by molar-refractivity contribution is -0.138. The predicted molar refractivity (Wildman–Crippen MR) is 116 cm³/mol. The number of carboxylic acids is 1. The Bertz CT molecular complexity index is 1110. The summed E-state index contributed by atoms with van der Waals surface area (Å²) in [6.07, 6.45) is 2.04. The van der Waals surface area contributed by atoms with Crippen LogP contribution in [0.3, 0.4) is 0 Å². The third-order valence-electron chi connectivity index (χ3n) is 5.24. The largest absolute Gasteiger partial charge is 0.480 e. The Balaban J connectivity index is 1.71. The van der Waals surface area contributed by atoms with Gasteiger partial charge < -0.3 is 26.0 Å². The minimum atomic E-state index is -0.964. The van der Waals surface area contributed by atoms with Crippen molar-refractivity contribution in [1.82, 2.24) is 15.3 Å². The first-order chi connectivity index (χ1) is 14.3. The molecule has 0 radical (unpaired) electrons. The van der Waals surface area contributed by atoms with E-state index in [1.807, 2.05) is 24.8 Å². The molecule has 0 amide bonds. The van der Waals surface area contributed by atoms with Crippen LogP contribution in [0.25, 0.3) is 6.58 Å². The summed E-state index contributed by atoms with van der Waals surface area (Å²) in [6, 6.07) is 3.25. The van der Waals surface area contributed by atoms with Crippen molar-refractivity contribution in [2.45, 2.75) is 39.2 Å². The Hall–Kier alpha value is -3.04. The number of carbonyl (C=O) groups is 1. The fraction of sp³-hybridized carbons (Fsp3) is 0.429. The van der Waals surface area contributed by atoms with Gasteiger partial charge in [0.1, 0.15) is 11.5 Å². The van der Waals surface area contributed by atoms with E-state index in [-0.39, 0.29) is 5.56 Å². The van der Waals surface area contributed by atoms with Gasteiger partial charge in [-0.2, -0.15) is 0 Å². The Labute approximate surface area is 174 Å². The predicted octanol–water partition coefficient (Wildman–Crippen LogP) is 0.372. The number of nitrogens with one attached hydrogen (secondary N) is 2. The van der Waals surface area contributed by atoms with Crippen molar-refractivity contribution in [1.29, 1.82) is 0 Å². The van der Waals surface area contributed by atoms with E-state index < -0.39 is 12.0 Å². The van der Waals surface area contributed by atoms with Crippen molar-refractivity contribution in [3.63, 3.8) is 0 Å². The number of unbranched alkanes of at least 4 members (excludes halogenated alkanes) is 1. The highest BCUT2D eigenvalue weighted by Gasteiger charge is 2.23. The number of nitrogens with two attached hydrogens (primary N) is 1. The third-order valence-corrected chi connectivity index (χ3v) is 5.24. The normalized spacial score (nSPS) is 13.4. The van der Waals surface area contributed by atoms with E-state index in [0.717, 1.165) is 41.9 Å². The maximum Gasteiger partial charge on any atom is 0.320 e. The van der Waals surface area contributed by atoms with E-state index in [4.69, 9.17) is 10.8 Å². The summed E-state index contributed by atoms with van der Waals surface area (Å²) in [4.78, 5) is 36.8. The number of H-pyrrole nitrogens is 1. The molecule has 0 bridgehead atoms. The zero-order valence-electron chi connectivity index (χ0n) is 17.4. The highest BCUT2D eigenvalue weighted by molar-refractivity contribution is 5.77. The standard InChI is InChI=1S/C21H28N6O3/c1-12-10-16-17(11-13(12)2)27(19-18(26-16)20(28)25-14(3)24-19)9-8-23-7-5-4-6-15(22)21(29)30/h10-11,15,23H,3-9,22H2,1-2H3,(H,25,28)(H,29,30)/t15-/m0/s1. The monoisotopic (exact) mass is 412 g/mol. The number of carboxylic acid groups (broad SMARTS) is 1. The van der Waals surface area contributed by atoms with Crippen LogP contribution in [-0.2, 0) is 4.79 Å². The van der Waals surface area contributed by atoms with Crippen LogP contribution in [0.15, 0.2) is 21.9 Å². The van der Waals surface area contributed by atoms with E-state index >= 15 is 0 Å². The molecule has 1 aliphatic rings. The molecule has 1 aromatic heterocycles. The van der Waals surface area contributed by atoms with E-state index in [1.54, 1.807) is 0 Å². The number of fused-ring (bicyclic) bond motifs is 2. The molecule has 5 N–H and O–H groups in total. The van der Waals surface area contributed by atoms with E-state index in [2.05, 4.69) is 32.9 Å². The van der Waals surface area contributed by atoms with Gasteiger partial charge in [0.2, 0.25) is 0 Å². The summed E-state index contributed by atoms with van der Waals surface area (Å²) < 4.78 is 0. The van der Waals surface area contributed by atoms with Gasteiger partial charge in [0.15, 0.2) is 11.2 Å². The lowest BCUT2D eigenvalue weighted by atomic mass is 10.1. The van der Waals surface area contributed by atoms with Crippen LogP contribution in [0.1, 0.15) is 30.4 Å². The molecule has 1 atom stereocenters. The fourth-order valence-electron chi connectivity index (χ4n) is 3.40. The summed E-state index contributed by atoms with van der Waals surface area (Å²) in [7, 11) is 0. The van der Waals surface area contributed by atoms with Crippen molar-refractivity contribution in [2.75, 3.05) is 24.5 Å². The topological polar surface area (TPSA) is 137 Å². The smallest absolute Gasteiger partial charge is 0.320 e. The molecular formula is C21H28N6O3. The summed E-state index contributed by atoms with van der Waals surface area (Å²) in [5, 5.41) is 12.5. The molecule has 0 saturated carbocycles.